The third-order valence-electron chi connectivity index (χ3n) is 4.40. The Morgan fingerprint density at radius 2 is 1.89 bits per heavy atom. The lowest BCUT2D eigenvalue weighted by atomic mass is 10.1. The number of nitrogens with zero attached hydrogens (tertiary/aromatic N) is 1. The lowest BCUT2D eigenvalue weighted by molar-refractivity contribution is 0.102. The molecule has 4 aromatic rings. The number of methoxy groups -OCH3 is 1. The number of fused-ring (bicyclic) bond motifs is 1. The van der Waals surface area contributed by atoms with Crippen LogP contribution in [0.3, 0.4) is 0 Å². The molecule has 0 saturated carbocycles. The van der Waals surface area contributed by atoms with Crippen LogP contribution in [-0.2, 0) is 0 Å². The summed E-state index contributed by atoms with van der Waals surface area (Å²) in [6.07, 6.45) is 0. The van der Waals surface area contributed by atoms with E-state index < -0.39 is 0 Å². The largest absolute Gasteiger partial charge is 0.496 e. The van der Waals surface area contributed by atoms with Crippen LogP contribution in [0.5, 0.6) is 5.75 Å². The number of para-hydroxylation sites is 1. The van der Waals surface area contributed by atoms with Crippen LogP contribution in [0.25, 0.3) is 22.6 Å². The summed E-state index contributed by atoms with van der Waals surface area (Å²) in [5.74, 6) is 0.835. The third-order valence-corrected chi connectivity index (χ3v) is 4.64. The van der Waals surface area contributed by atoms with Gasteiger partial charge in [-0.25, -0.2) is 4.98 Å². The first-order valence-electron chi connectivity index (χ1n) is 8.66. The smallest absolute Gasteiger partial charge is 0.259 e. The van der Waals surface area contributed by atoms with E-state index in [0.717, 1.165) is 11.1 Å². The Kier molecular flexibility index (Phi) is 4.75. The van der Waals surface area contributed by atoms with Crippen molar-refractivity contribution in [3.8, 4) is 17.2 Å². The van der Waals surface area contributed by atoms with Crippen molar-refractivity contribution in [3.63, 3.8) is 0 Å². The number of amides is 1. The molecule has 4 rings (SSSR count). The fraction of sp³-hybridized carbons (Fsp3) is 0.0909. The van der Waals surface area contributed by atoms with Gasteiger partial charge in [-0.05, 0) is 61.0 Å². The number of aryl methyl sites for hydroxylation is 1. The molecular formula is C22H17ClN2O3. The highest BCUT2D eigenvalue weighted by Gasteiger charge is 2.14. The topological polar surface area (TPSA) is 64.4 Å². The standard InChI is InChI=1S/C22H17ClN2O3/c1-13-4-3-5-17(20(13)27-2)21(26)24-16-9-6-14(7-10-16)22-25-18-12-15(23)8-11-19(18)28-22/h3-12H,1-2H3,(H,24,26). The van der Waals surface area contributed by atoms with Crippen molar-refractivity contribution in [2.24, 2.45) is 0 Å². The van der Waals surface area contributed by atoms with E-state index in [1.165, 1.54) is 0 Å². The minimum atomic E-state index is -0.232. The number of hydrogen-bond acceptors (Lipinski definition) is 4. The maximum absolute atomic E-state index is 12.6. The molecule has 0 fully saturated rings. The maximum atomic E-state index is 12.6. The van der Waals surface area contributed by atoms with E-state index in [1.54, 1.807) is 43.5 Å². The number of halogens is 1. The molecule has 0 atom stereocenters. The Morgan fingerprint density at radius 1 is 1.11 bits per heavy atom. The number of ether oxygens (including phenoxy) is 1. The minimum Gasteiger partial charge on any atom is -0.496 e. The predicted molar refractivity (Wildman–Crippen MR) is 110 cm³/mol. The molecule has 0 saturated heterocycles. The number of carbonyl (C=O) groups excluding carboxylic acids is 1. The third kappa shape index (κ3) is 3.44. The summed E-state index contributed by atoms with van der Waals surface area (Å²) >= 11 is 5.99. The monoisotopic (exact) mass is 392 g/mol. The molecule has 1 amide bonds. The zero-order valence-corrected chi connectivity index (χ0v) is 16.1. The van der Waals surface area contributed by atoms with Gasteiger partial charge in [-0.15, -0.1) is 0 Å². The minimum absolute atomic E-state index is 0.232. The molecule has 0 radical (unpaired) electrons. The summed E-state index contributed by atoms with van der Waals surface area (Å²) in [6.45, 7) is 1.90. The average molecular weight is 393 g/mol. The SMILES string of the molecule is COc1c(C)cccc1C(=O)Nc1ccc(-c2nc3cc(Cl)ccc3o2)cc1. The summed E-state index contributed by atoms with van der Waals surface area (Å²) in [6, 6.07) is 18.1. The molecule has 140 valence electrons. The highest BCUT2D eigenvalue weighted by Crippen LogP contribution is 2.28. The van der Waals surface area contributed by atoms with Gasteiger partial charge in [0.2, 0.25) is 5.89 Å². The van der Waals surface area contributed by atoms with Gasteiger partial charge in [0, 0.05) is 16.3 Å². The number of aromatic nitrogens is 1. The van der Waals surface area contributed by atoms with E-state index in [0.29, 0.717) is 39.0 Å². The number of rotatable bonds is 4. The second-order valence-corrected chi connectivity index (χ2v) is 6.75. The van der Waals surface area contributed by atoms with E-state index in [9.17, 15) is 4.79 Å². The molecule has 0 bridgehead atoms. The van der Waals surface area contributed by atoms with Crippen molar-refractivity contribution in [2.45, 2.75) is 6.92 Å². The van der Waals surface area contributed by atoms with Crippen molar-refractivity contribution < 1.29 is 13.9 Å². The van der Waals surface area contributed by atoms with Gasteiger partial charge in [0.1, 0.15) is 11.3 Å². The Hall–Kier alpha value is -3.31. The number of benzene rings is 3. The van der Waals surface area contributed by atoms with Crippen LogP contribution in [-0.4, -0.2) is 18.0 Å². The molecule has 0 spiro atoms. The molecule has 3 aromatic carbocycles. The van der Waals surface area contributed by atoms with E-state index in [4.69, 9.17) is 20.8 Å². The van der Waals surface area contributed by atoms with Crippen molar-refractivity contribution in [3.05, 3.63) is 76.8 Å². The lowest BCUT2D eigenvalue weighted by Crippen LogP contribution is -2.13. The molecule has 0 unspecified atom stereocenters. The Bertz CT molecular complexity index is 1170. The van der Waals surface area contributed by atoms with Gasteiger partial charge < -0.3 is 14.5 Å². The highest BCUT2D eigenvalue weighted by atomic mass is 35.5. The van der Waals surface area contributed by atoms with Crippen LogP contribution in [0, 0.1) is 6.92 Å². The zero-order valence-electron chi connectivity index (χ0n) is 15.3. The van der Waals surface area contributed by atoms with Crippen molar-refractivity contribution in [1.82, 2.24) is 4.98 Å². The fourth-order valence-electron chi connectivity index (χ4n) is 3.02. The second kappa shape index (κ2) is 7.37. The molecule has 5 nitrogen and oxygen atoms in total. The highest BCUT2D eigenvalue weighted by molar-refractivity contribution is 6.31. The van der Waals surface area contributed by atoms with Gasteiger partial charge >= 0.3 is 0 Å². The molecule has 0 aliphatic heterocycles. The summed E-state index contributed by atoms with van der Waals surface area (Å²) in [5.41, 5.74) is 4.23. The molecular weight excluding hydrogens is 376 g/mol. The predicted octanol–water partition coefficient (Wildman–Crippen LogP) is 5.72. The number of hydrogen-bond donors (Lipinski definition) is 1. The number of carbonyl (C=O) groups is 1. The Labute approximate surface area is 166 Å². The molecule has 1 heterocycles. The van der Waals surface area contributed by atoms with E-state index >= 15 is 0 Å². The van der Waals surface area contributed by atoms with Crippen LogP contribution < -0.4 is 10.1 Å². The number of nitrogens with one attached hydrogen (secondary N) is 1. The molecule has 1 aromatic heterocycles. The summed E-state index contributed by atoms with van der Waals surface area (Å²) < 4.78 is 11.1. The Morgan fingerprint density at radius 3 is 2.64 bits per heavy atom. The van der Waals surface area contributed by atoms with Gasteiger partial charge in [0.15, 0.2) is 5.58 Å². The number of oxazole rings is 1. The van der Waals surface area contributed by atoms with E-state index in [1.807, 2.05) is 31.2 Å². The average Bonchev–Trinajstić information content (AvgIpc) is 3.11. The molecule has 0 aliphatic carbocycles. The van der Waals surface area contributed by atoms with Crippen LogP contribution >= 0.6 is 11.6 Å². The summed E-state index contributed by atoms with van der Waals surface area (Å²) in [7, 11) is 1.56. The lowest BCUT2D eigenvalue weighted by Gasteiger charge is -2.11. The van der Waals surface area contributed by atoms with Gasteiger partial charge in [0.05, 0.1) is 12.7 Å². The van der Waals surface area contributed by atoms with Crippen LogP contribution in [0.15, 0.2) is 65.1 Å². The van der Waals surface area contributed by atoms with Gasteiger partial charge in [-0.3, -0.25) is 4.79 Å². The molecule has 0 aliphatic rings. The number of anilines is 1. The van der Waals surface area contributed by atoms with E-state index in [2.05, 4.69) is 10.3 Å². The molecule has 28 heavy (non-hydrogen) atoms. The van der Waals surface area contributed by atoms with Crippen molar-refractivity contribution in [1.29, 1.82) is 0 Å². The van der Waals surface area contributed by atoms with Crippen LogP contribution in [0.1, 0.15) is 15.9 Å². The van der Waals surface area contributed by atoms with E-state index in [-0.39, 0.29) is 5.91 Å². The fourth-order valence-corrected chi connectivity index (χ4v) is 3.19. The van der Waals surface area contributed by atoms with Gasteiger partial charge in [-0.2, -0.15) is 0 Å². The first-order valence-corrected chi connectivity index (χ1v) is 9.04. The first kappa shape index (κ1) is 18.1. The Balaban J connectivity index is 1.56. The molecule has 6 heteroatoms. The van der Waals surface area contributed by atoms with Gasteiger partial charge in [0.25, 0.3) is 5.91 Å². The normalized spacial score (nSPS) is 10.8. The molecule has 1 N–H and O–H groups in total. The van der Waals surface area contributed by atoms with Crippen LogP contribution in [0.4, 0.5) is 5.69 Å². The quantitative estimate of drug-likeness (QED) is 0.482. The summed E-state index contributed by atoms with van der Waals surface area (Å²) in [4.78, 5) is 17.1. The second-order valence-electron chi connectivity index (χ2n) is 6.32. The summed E-state index contributed by atoms with van der Waals surface area (Å²) in [5, 5.41) is 3.49. The van der Waals surface area contributed by atoms with Gasteiger partial charge in [-0.1, -0.05) is 23.7 Å². The zero-order chi connectivity index (χ0) is 19.7. The first-order chi connectivity index (χ1) is 13.5. The van der Waals surface area contributed by atoms with Crippen molar-refractivity contribution in [2.75, 3.05) is 12.4 Å². The van der Waals surface area contributed by atoms with Crippen molar-refractivity contribution >= 4 is 34.3 Å². The van der Waals surface area contributed by atoms with Crippen LogP contribution in [0.2, 0.25) is 5.02 Å². The maximum Gasteiger partial charge on any atom is 0.259 e.